The molecule has 0 bridgehead atoms. The maximum absolute atomic E-state index is 12.5. The number of benzene rings is 2. The molecular formula is C18H17BrN4O5S. The monoisotopic (exact) mass is 480 g/mol. The third kappa shape index (κ3) is 6.50. The van der Waals surface area contributed by atoms with Gasteiger partial charge in [0.15, 0.2) is 5.11 Å². The second kappa shape index (κ2) is 9.94. The zero-order chi connectivity index (χ0) is 21.6. The number of hydrogen-bond acceptors (Lipinski definition) is 6. The number of carbonyl (C=O) groups excluding carboxylic acids is 2. The summed E-state index contributed by atoms with van der Waals surface area (Å²) < 4.78 is 6.30. The first-order valence-electron chi connectivity index (χ1n) is 8.29. The predicted octanol–water partition coefficient (Wildman–Crippen LogP) is 3.09. The number of nitrogens with zero attached hydrogens (tertiary/aromatic N) is 1. The van der Waals surface area contributed by atoms with Gasteiger partial charge >= 0.3 is 0 Å². The Morgan fingerprint density at radius 1 is 1.14 bits per heavy atom. The van der Waals surface area contributed by atoms with Crippen LogP contribution >= 0.6 is 28.1 Å². The molecule has 0 fully saturated rings. The van der Waals surface area contributed by atoms with Crippen molar-refractivity contribution >= 4 is 50.8 Å². The van der Waals surface area contributed by atoms with E-state index in [1.165, 1.54) is 18.2 Å². The van der Waals surface area contributed by atoms with Crippen molar-refractivity contribution in [3.05, 3.63) is 68.2 Å². The lowest BCUT2D eigenvalue weighted by Crippen LogP contribution is -2.48. The van der Waals surface area contributed by atoms with Gasteiger partial charge < -0.3 is 4.74 Å². The molecule has 2 aromatic carbocycles. The van der Waals surface area contributed by atoms with E-state index in [2.05, 4.69) is 32.1 Å². The van der Waals surface area contributed by atoms with Gasteiger partial charge in [0.25, 0.3) is 17.5 Å². The van der Waals surface area contributed by atoms with E-state index in [-0.39, 0.29) is 28.0 Å². The summed E-state index contributed by atoms with van der Waals surface area (Å²) in [5.74, 6) is -0.815. The Bertz CT molecular complexity index is 967. The number of amides is 2. The molecule has 0 radical (unpaired) electrons. The largest absolute Gasteiger partial charge is 0.490 e. The normalized spacial score (nSPS) is 10.2. The fourth-order valence-corrected chi connectivity index (χ4v) is 2.69. The third-order valence-corrected chi connectivity index (χ3v) is 4.08. The second-order valence-corrected chi connectivity index (χ2v) is 7.30. The van der Waals surface area contributed by atoms with Crippen LogP contribution in [0, 0.1) is 10.1 Å². The van der Waals surface area contributed by atoms with Crippen LogP contribution in [-0.2, 0) is 0 Å². The molecule has 152 valence electrons. The molecule has 0 aromatic heterocycles. The van der Waals surface area contributed by atoms with Gasteiger partial charge in [-0.05, 0) is 50.3 Å². The van der Waals surface area contributed by atoms with Crippen LogP contribution in [0.15, 0.2) is 46.9 Å². The van der Waals surface area contributed by atoms with Gasteiger partial charge in [-0.1, -0.05) is 22.0 Å². The summed E-state index contributed by atoms with van der Waals surface area (Å²) in [7, 11) is 0. The summed E-state index contributed by atoms with van der Waals surface area (Å²) in [4.78, 5) is 34.8. The minimum atomic E-state index is -0.656. The lowest BCUT2D eigenvalue weighted by atomic mass is 10.2. The van der Waals surface area contributed by atoms with Gasteiger partial charge in [-0.15, -0.1) is 0 Å². The summed E-state index contributed by atoms with van der Waals surface area (Å²) in [6, 6.07) is 10.2. The molecule has 2 rings (SSSR count). The van der Waals surface area contributed by atoms with E-state index in [0.29, 0.717) is 10.2 Å². The van der Waals surface area contributed by atoms with Crippen LogP contribution in [0.3, 0.4) is 0 Å². The first kappa shape index (κ1) is 22.2. The molecule has 3 N–H and O–H groups in total. The van der Waals surface area contributed by atoms with Crippen molar-refractivity contribution in [1.82, 2.24) is 16.2 Å². The number of carbonyl (C=O) groups is 2. The Balaban J connectivity index is 2.00. The third-order valence-electron chi connectivity index (χ3n) is 3.38. The molecule has 0 saturated heterocycles. The van der Waals surface area contributed by atoms with Gasteiger partial charge in [-0.3, -0.25) is 35.9 Å². The average molecular weight is 481 g/mol. The number of nitro groups is 1. The van der Waals surface area contributed by atoms with Crippen LogP contribution in [0.5, 0.6) is 5.75 Å². The molecule has 0 unspecified atom stereocenters. The van der Waals surface area contributed by atoms with Crippen LogP contribution in [0.4, 0.5) is 5.69 Å². The molecule has 29 heavy (non-hydrogen) atoms. The zero-order valence-electron chi connectivity index (χ0n) is 15.4. The summed E-state index contributed by atoms with van der Waals surface area (Å²) in [5.41, 5.74) is 4.74. The van der Waals surface area contributed by atoms with Gasteiger partial charge in [0.05, 0.1) is 16.6 Å². The second-order valence-electron chi connectivity index (χ2n) is 5.98. The van der Waals surface area contributed by atoms with Crippen LogP contribution < -0.4 is 20.9 Å². The average Bonchev–Trinajstić information content (AvgIpc) is 2.67. The van der Waals surface area contributed by atoms with E-state index >= 15 is 0 Å². The van der Waals surface area contributed by atoms with Gasteiger partial charge in [0, 0.05) is 22.2 Å². The number of halogens is 1. The Kier molecular flexibility index (Phi) is 7.62. The highest BCUT2D eigenvalue weighted by atomic mass is 79.9. The maximum Gasteiger partial charge on any atom is 0.270 e. The van der Waals surface area contributed by atoms with E-state index in [9.17, 15) is 19.7 Å². The van der Waals surface area contributed by atoms with Crippen molar-refractivity contribution in [2.45, 2.75) is 20.0 Å². The first-order chi connectivity index (χ1) is 13.7. The topological polar surface area (TPSA) is 123 Å². The number of non-ortho nitro benzene ring substituents is 1. The van der Waals surface area contributed by atoms with Gasteiger partial charge in [0.1, 0.15) is 5.75 Å². The first-order valence-corrected chi connectivity index (χ1v) is 9.50. The molecule has 0 aliphatic heterocycles. The predicted molar refractivity (Wildman–Crippen MR) is 114 cm³/mol. The van der Waals surface area contributed by atoms with Gasteiger partial charge in [0.2, 0.25) is 0 Å². The zero-order valence-corrected chi connectivity index (χ0v) is 17.8. The highest BCUT2D eigenvalue weighted by Gasteiger charge is 2.16. The summed E-state index contributed by atoms with van der Waals surface area (Å²) in [6.45, 7) is 3.67. The summed E-state index contributed by atoms with van der Waals surface area (Å²) >= 11 is 8.31. The Morgan fingerprint density at radius 2 is 1.86 bits per heavy atom. The molecule has 2 amide bonds. The highest BCUT2D eigenvalue weighted by molar-refractivity contribution is 9.10. The summed E-state index contributed by atoms with van der Waals surface area (Å²) in [6.07, 6.45) is -0.137. The van der Waals surface area contributed by atoms with E-state index in [0.717, 1.165) is 6.07 Å². The van der Waals surface area contributed by atoms with Crippen LogP contribution in [-0.4, -0.2) is 28.0 Å². The van der Waals surface area contributed by atoms with E-state index in [1.807, 2.05) is 13.8 Å². The molecule has 0 spiro atoms. The molecule has 0 aliphatic rings. The number of hydrogen-bond donors (Lipinski definition) is 3. The van der Waals surface area contributed by atoms with Crippen molar-refractivity contribution in [3.63, 3.8) is 0 Å². The fourth-order valence-electron chi connectivity index (χ4n) is 2.18. The highest BCUT2D eigenvalue weighted by Crippen LogP contribution is 2.24. The van der Waals surface area contributed by atoms with E-state index in [4.69, 9.17) is 17.0 Å². The number of nitro benzene ring substituents is 1. The molecular weight excluding hydrogens is 464 g/mol. The lowest BCUT2D eigenvalue weighted by Gasteiger charge is -2.15. The van der Waals surface area contributed by atoms with Crippen molar-refractivity contribution < 1.29 is 19.2 Å². The molecule has 0 atom stereocenters. The molecule has 0 aliphatic carbocycles. The number of ether oxygens (including phenoxy) is 1. The maximum atomic E-state index is 12.5. The minimum Gasteiger partial charge on any atom is -0.490 e. The van der Waals surface area contributed by atoms with E-state index in [1.54, 1.807) is 18.2 Å². The number of rotatable bonds is 5. The minimum absolute atomic E-state index is 0.0560. The fraction of sp³-hybridized carbons (Fsp3) is 0.167. The Hall–Kier alpha value is -3.05. The quantitative estimate of drug-likeness (QED) is 0.341. The summed E-state index contributed by atoms with van der Waals surface area (Å²) in [5, 5.41) is 13.1. The van der Waals surface area contributed by atoms with Gasteiger partial charge in [-0.2, -0.15) is 0 Å². The SMILES string of the molecule is CC(C)Oc1ccc(Br)cc1C(=O)NC(=S)NNC(=O)c1cccc([N+](=O)[O-])c1. The van der Waals surface area contributed by atoms with Crippen molar-refractivity contribution in [1.29, 1.82) is 0 Å². The van der Waals surface area contributed by atoms with Gasteiger partial charge in [-0.25, -0.2) is 0 Å². The van der Waals surface area contributed by atoms with Crippen molar-refractivity contribution in [2.24, 2.45) is 0 Å². The molecule has 2 aromatic rings. The smallest absolute Gasteiger partial charge is 0.270 e. The van der Waals surface area contributed by atoms with Crippen LogP contribution in [0.1, 0.15) is 34.6 Å². The van der Waals surface area contributed by atoms with E-state index < -0.39 is 16.7 Å². The molecule has 9 nitrogen and oxygen atoms in total. The molecule has 11 heteroatoms. The number of thiocarbonyl (C=S) groups is 1. The van der Waals surface area contributed by atoms with Crippen molar-refractivity contribution in [3.8, 4) is 5.75 Å². The molecule has 0 saturated carbocycles. The Labute approximate surface area is 180 Å². The van der Waals surface area contributed by atoms with Crippen LogP contribution in [0.25, 0.3) is 0 Å². The lowest BCUT2D eigenvalue weighted by molar-refractivity contribution is -0.384. The van der Waals surface area contributed by atoms with Crippen LogP contribution in [0.2, 0.25) is 0 Å². The standard InChI is InChI=1S/C18H17BrN4O5S/c1-10(2)28-15-7-6-12(19)9-14(15)17(25)20-18(29)22-21-16(24)11-4-3-5-13(8-11)23(26)27/h3-10H,1-2H3,(H,21,24)(H2,20,22,25,29). The molecule has 0 heterocycles. The number of hydrazine groups is 1. The van der Waals surface area contributed by atoms with Crippen molar-refractivity contribution in [2.75, 3.05) is 0 Å². The number of nitrogens with one attached hydrogen (secondary N) is 3. The Morgan fingerprint density at radius 3 is 2.52 bits per heavy atom.